The molecule has 0 unspecified atom stereocenters. The van der Waals surface area contributed by atoms with Crippen LogP contribution in [-0.2, 0) is 21.1 Å². The number of sulfone groups is 1. The summed E-state index contributed by atoms with van der Waals surface area (Å²) in [6.07, 6.45) is 0.652. The first-order valence-electron chi connectivity index (χ1n) is 6.89. The quantitative estimate of drug-likeness (QED) is 0.599. The van der Waals surface area contributed by atoms with Gasteiger partial charge >= 0.3 is 0 Å². The lowest BCUT2D eigenvalue weighted by molar-refractivity contribution is -0.132. The number of aryl methyl sites for hydroxylation is 1. The summed E-state index contributed by atoms with van der Waals surface area (Å²) >= 11 is 1.22. The van der Waals surface area contributed by atoms with E-state index in [1.807, 2.05) is 13.0 Å². The van der Waals surface area contributed by atoms with Crippen LogP contribution in [0.15, 0.2) is 11.4 Å². The fourth-order valence-corrected chi connectivity index (χ4v) is 4.47. The number of ketones is 1. The number of nitriles is 1. The minimum Gasteiger partial charge on any atom is -0.339 e. The van der Waals surface area contributed by atoms with Crippen molar-refractivity contribution in [3.63, 3.8) is 0 Å². The van der Waals surface area contributed by atoms with Gasteiger partial charge in [-0.15, -0.1) is 11.3 Å². The highest BCUT2D eigenvalue weighted by molar-refractivity contribution is 7.91. The highest BCUT2D eigenvalue weighted by Gasteiger charge is 2.35. The SMILES string of the molecule is CCc1ccsc1C(=O)[C@H](C#N)C(=O)N1CCS(=O)(=O)CC1. The van der Waals surface area contributed by atoms with Gasteiger partial charge in [0.25, 0.3) is 0 Å². The Balaban J connectivity index is 2.17. The van der Waals surface area contributed by atoms with Gasteiger partial charge in [-0.1, -0.05) is 6.92 Å². The van der Waals surface area contributed by atoms with E-state index in [1.54, 1.807) is 11.4 Å². The average molecular weight is 340 g/mol. The lowest BCUT2D eigenvalue weighted by Crippen LogP contribution is -2.47. The summed E-state index contributed by atoms with van der Waals surface area (Å²) < 4.78 is 22.8. The third-order valence-corrected chi connectivity index (χ3v) is 6.23. The van der Waals surface area contributed by atoms with E-state index in [4.69, 9.17) is 0 Å². The van der Waals surface area contributed by atoms with E-state index < -0.39 is 27.4 Å². The number of carbonyl (C=O) groups is 2. The van der Waals surface area contributed by atoms with Gasteiger partial charge in [0.1, 0.15) is 0 Å². The Morgan fingerprint density at radius 2 is 2.05 bits per heavy atom. The molecule has 1 amide bonds. The number of hydrogen-bond acceptors (Lipinski definition) is 6. The third-order valence-electron chi connectivity index (χ3n) is 3.65. The smallest absolute Gasteiger partial charge is 0.248 e. The first-order chi connectivity index (χ1) is 10.4. The molecule has 0 aromatic carbocycles. The van der Waals surface area contributed by atoms with Gasteiger partial charge in [0.05, 0.1) is 22.5 Å². The molecule has 1 aliphatic heterocycles. The minimum atomic E-state index is -3.12. The normalized spacial score (nSPS) is 18.5. The van der Waals surface area contributed by atoms with Crippen LogP contribution in [0.2, 0.25) is 0 Å². The Morgan fingerprint density at radius 1 is 1.41 bits per heavy atom. The summed E-state index contributed by atoms with van der Waals surface area (Å²) in [4.78, 5) is 26.6. The first-order valence-corrected chi connectivity index (χ1v) is 9.59. The second kappa shape index (κ2) is 6.58. The topological polar surface area (TPSA) is 95.3 Å². The lowest BCUT2D eigenvalue weighted by Gasteiger charge is -2.27. The van der Waals surface area contributed by atoms with Crippen LogP contribution < -0.4 is 0 Å². The summed E-state index contributed by atoms with van der Waals surface area (Å²) in [7, 11) is -3.12. The van der Waals surface area contributed by atoms with Crippen molar-refractivity contribution < 1.29 is 18.0 Å². The van der Waals surface area contributed by atoms with Crippen LogP contribution in [-0.4, -0.2) is 49.6 Å². The van der Waals surface area contributed by atoms with Crippen molar-refractivity contribution in [1.29, 1.82) is 5.26 Å². The molecule has 118 valence electrons. The minimum absolute atomic E-state index is 0.0394. The van der Waals surface area contributed by atoms with Gasteiger partial charge in [0.15, 0.2) is 21.5 Å². The van der Waals surface area contributed by atoms with Crippen molar-refractivity contribution in [2.75, 3.05) is 24.6 Å². The lowest BCUT2D eigenvalue weighted by atomic mass is 10.00. The van der Waals surface area contributed by atoms with Gasteiger partial charge in [-0.3, -0.25) is 9.59 Å². The van der Waals surface area contributed by atoms with E-state index in [-0.39, 0.29) is 24.6 Å². The molecule has 0 bridgehead atoms. The fraction of sp³-hybridized carbons (Fsp3) is 0.500. The molecular weight excluding hydrogens is 324 g/mol. The van der Waals surface area contributed by atoms with E-state index in [9.17, 15) is 23.3 Å². The largest absolute Gasteiger partial charge is 0.339 e. The molecule has 0 spiro atoms. The molecule has 0 aliphatic carbocycles. The van der Waals surface area contributed by atoms with Crippen molar-refractivity contribution in [3.05, 3.63) is 21.9 Å². The van der Waals surface area contributed by atoms with Crippen LogP contribution in [0.3, 0.4) is 0 Å². The van der Waals surface area contributed by atoms with Crippen molar-refractivity contribution in [2.24, 2.45) is 5.92 Å². The fourth-order valence-electron chi connectivity index (χ4n) is 2.30. The van der Waals surface area contributed by atoms with E-state index >= 15 is 0 Å². The highest BCUT2D eigenvalue weighted by Crippen LogP contribution is 2.22. The first kappa shape index (κ1) is 16.6. The van der Waals surface area contributed by atoms with Gasteiger partial charge in [0.2, 0.25) is 5.91 Å². The zero-order chi connectivity index (χ0) is 16.3. The molecule has 1 saturated heterocycles. The summed E-state index contributed by atoms with van der Waals surface area (Å²) in [6.45, 7) is 1.98. The monoisotopic (exact) mass is 340 g/mol. The number of thiophene rings is 1. The summed E-state index contributed by atoms with van der Waals surface area (Å²) in [5.41, 5.74) is 0.823. The van der Waals surface area contributed by atoms with Crippen LogP contribution >= 0.6 is 11.3 Å². The second-order valence-corrected chi connectivity index (χ2v) is 8.25. The van der Waals surface area contributed by atoms with Gasteiger partial charge < -0.3 is 4.90 Å². The molecule has 1 aromatic heterocycles. The average Bonchev–Trinajstić information content (AvgIpc) is 2.96. The van der Waals surface area contributed by atoms with Crippen LogP contribution in [0.5, 0.6) is 0 Å². The second-order valence-electron chi connectivity index (χ2n) is 5.03. The van der Waals surface area contributed by atoms with Crippen LogP contribution in [0.1, 0.15) is 22.2 Å². The van der Waals surface area contributed by atoms with Gasteiger partial charge in [-0.25, -0.2) is 8.42 Å². The van der Waals surface area contributed by atoms with Gasteiger partial charge in [-0.2, -0.15) is 5.26 Å². The van der Waals surface area contributed by atoms with Crippen LogP contribution in [0.25, 0.3) is 0 Å². The number of carbonyl (C=O) groups excluding carboxylic acids is 2. The molecule has 1 atom stereocenters. The molecule has 2 rings (SSSR count). The Labute approximate surface area is 133 Å². The van der Waals surface area contributed by atoms with E-state index in [2.05, 4.69) is 0 Å². The third kappa shape index (κ3) is 3.36. The molecule has 6 nitrogen and oxygen atoms in total. The predicted molar refractivity (Wildman–Crippen MR) is 82.4 cm³/mol. The molecular formula is C14H16N2O4S2. The van der Waals surface area contributed by atoms with Gasteiger partial charge in [0, 0.05) is 13.1 Å². The molecule has 1 fully saturated rings. The van der Waals surface area contributed by atoms with Crippen molar-refractivity contribution in [2.45, 2.75) is 13.3 Å². The summed E-state index contributed by atoms with van der Waals surface area (Å²) in [5.74, 6) is -2.73. The number of rotatable bonds is 4. The Bertz CT molecular complexity index is 716. The molecule has 1 aromatic rings. The standard InChI is InChI=1S/C14H16N2O4S2/c1-2-10-3-6-21-13(10)12(17)11(9-15)14(18)16-4-7-22(19,20)8-5-16/h3,6,11H,2,4-5,7-8H2,1H3/t11-/m0/s1. The molecule has 1 aliphatic rings. The Kier molecular flexibility index (Phi) is 4.98. The molecule has 22 heavy (non-hydrogen) atoms. The van der Waals surface area contributed by atoms with E-state index in [0.717, 1.165) is 5.56 Å². The molecule has 2 heterocycles. The molecule has 0 saturated carbocycles. The van der Waals surface area contributed by atoms with Gasteiger partial charge in [-0.05, 0) is 23.4 Å². The Morgan fingerprint density at radius 3 is 2.59 bits per heavy atom. The summed E-state index contributed by atoms with van der Waals surface area (Å²) in [6, 6.07) is 3.59. The van der Waals surface area contributed by atoms with Crippen LogP contribution in [0, 0.1) is 17.2 Å². The number of Topliss-reactive ketones (excluding diaryl/α,β-unsaturated/α-hetero) is 1. The predicted octanol–water partition coefficient (Wildman–Crippen LogP) is 0.890. The maximum absolute atomic E-state index is 12.5. The Hall–Kier alpha value is -1.72. The van der Waals surface area contributed by atoms with Crippen molar-refractivity contribution >= 4 is 32.9 Å². The van der Waals surface area contributed by atoms with Crippen molar-refractivity contribution in [3.8, 4) is 6.07 Å². The zero-order valence-electron chi connectivity index (χ0n) is 12.1. The number of amides is 1. The molecule has 0 N–H and O–H groups in total. The zero-order valence-corrected chi connectivity index (χ0v) is 13.7. The number of nitrogens with zero attached hydrogens (tertiary/aromatic N) is 2. The molecule has 8 heteroatoms. The van der Waals surface area contributed by atoms with E-state index in [1.165, 1.54) is 16.2 Å². The maximum atomic E-state index is 12.5. The number of hydrogen-bond donors (Lipinski definition) is 0. The van der Waals surface area contributed by atoms with Crippen LogP contribution in [0.4, 0.5) is 0 Å². The highest BCUT2D eigenvalue weighted by atomic mass is 32.2. The van der Waals surface area contributed by atoms with Crippen molar-refractivity contribution in [1.82, 2.24) is 4.90 Å². The van der Waals surface area contributed by atoms with E-state index in [0.29, 0.717) is 11.3 Å². The maximum Gasteiger partial charge on any atom is 0.248 e. The summed E-state index contributed by atoms with van der Waals surface area (Å²) in [5, 5.41) is 11.0. The molecule has 0 radical (unpaired) electrons.